The predicted molar refractivity (Wildman–Crippen MR) is 62.6 cm³/mol. The summed E-state index contributed by atoms with van der Waals surface area (Å²) in [4.78, 5) is 11.7. The Morgan fingerprint density at radius 3 is 2.94 bits per heavy atom. The second kappa shape index (κ2) is 5.14. The fourth-order valence-electron chi connectivity index (χ4n) is 1.58. The number of ether oxygens (including phenoxy) is 1. The van der Waals surface area contributed by atoms with Crippen molar-refractivity contribution < 1.29 is 13.9 Å². The van der Waals surface area contributed by atoms with E-state index in [1.54, 1.807) is 0 Å². The summed E-state index contributed by atoms with van der Waals surface area (Å²) in [6.07, 6.45) is 0. The average molecular weight is 238 g/mol. The first-order valence-electron chi connectivity index (χ1n) is 5.64. The number of hydrogen-bond donors (Lipinski definition) is 2. The van der Waals surface area contributed by atoms with Crippen LogP contribution in [-0.4, -0.2) is 25.6 Å². The van der Waals surface area contributed by atoms with Crippen LogP contribution in [-0.2, 0) is 4.79 Å². The van der Waals surface area contributed by atoms with E-state index < -0.39 is 0 Å². The van der Waals surface area contributed by atoms with Gasteiger partial charge in [0.1, 0.15) is 11.6 Å². The van der Waals surface area contributed by atoms with Gasteiger partial charge in [-0.2, -0.15) is 0 Å². The zero-order chi connectivity index (χ0) is 12.3. The number of hydrogen-bond acceptors (Lipinski definition) is 3. The van der Waals surface area contributed by atoms with E-state index in [0.717, 1.165) is 0 Å². The summed E-state index contributed by atoms with van der Waals surface area (Å²) in [7, 11) is 0. The van der Waals surface area contributed by atoms with E-state index in [1.807, 2.05) is 6.92 Å². The van der Waals surface area contributed by atoms with E-state index in [2.05, 4.69) is 10.6 Å². The third kappa shape index (κ3) is 2.74. The molecule has 0 unspecified atom stereocenters. The molecule has 1 amide bonds. The van der Waals surface area contributed by atoms with Crippen LogP contribution in [0.4, 0.5) is 10.1 Å². The Kier molecular flexibility index (Phi) is 3.58. The van der Waals surface area contributed by atoms with Gasteiger partial charge in [0, 0.05) is 19.2 Å². The Morgan fingerprint density at radius 1 is 1.59 bits per heavy atom. The first-order valence-corrected chi connectivity index (χ1v) is 5.64. The van der Waals surface area contributed by atoms with Crippen molar-refractivity contribution in [2.75, 3.05) is 25.0 Å². The summed E-state index contributed by atoms with van der Waals surface area (Å²) in [5, 5.41) is 5.78. The number of amides is 1. The van der Waals surface area contributed by atoms with Crippen LogP contribution in [0.3, 0.4) is 0 Å². The van der Waals surface area contributed by atoms with Crippen molar-refractivity contribution in [1.82, 2.24) is 5.32 Å². The summed E-state index contributed by atoms with van der Waals surface area (Å²) in [6.45, 7) is 3.62. The van der Waals surface area contributed by atoms with E-state index in [-0.39, 0.29) is 17.6 Å². The molecule has 1 aromatic carbocycles. The molecule has 0 spiro atoms. The standard InChI is InChI=1S/C12H15FN2O2/c1-2-17-11-5-9(13)3-4-10(11)15-12(16)8-6-14-7-8/h3-5,8,14H,2,6-7H2,1H3,(H,15,16). The van der Waals surface area contributed by atoms with E-state index in [0.29, 0.717) is 31.1 Å². The molecule has 0 saturated carbocycles. The van der Waals surface area contributed by atoms with Crippen LogP contribution in [0.25, 0.3) is 0 Å². The van der Waals surface area contributed by atoms with Gasteiger partial charge in [-0.15, -0.1) is 0 Å². The number of nitrogens with one attached hydrogen (secondary N) is 2. The predicted octanol–water partition coefficient (Wildman–Crippen LogP) is 1.38. The van der Waals surface area contributed by atoms with Gasteiger partial charge in [0.15, 0.2) is 0 Å². The van der Waals surface area contributed by atoms with Crippen LogP contribution in [0.2, 0.25) is 0 Å². The second-order valence-corrected chi connectivity index (χ2v) is 3.92. The lowest BCUT2D eigenvalue weighted by molar-refractivity contribution is -0.121. The van der Waals surface area contributed by atoms with Crippen molar-refractivity contribution >= 4 is 11.6 Å². The van der Waals surface area contributed by atoms with Gasteiger partial charge in [0.05, 0.1) is 18.2 Å². The first-order chi connectivity index (χ1) is 8.20. The van der Waals surface area contributed by atoms with Gasteiger partial charge in [-0.05, 0) is 19.1 Å². The maximum Gasteiger partial charge on any atom is 0.230 e. The van der Waals surface area contributed by atoms with Crippen molar-refractivity contribution in [3.05, 3.63) is 24.0 Å². The minimum atomic E-state index is -0.378. The van der Waals surface area contributed by atoms with Crippen LogP contribution in [0.1, 0.15) is 6.92 Å². The van der Waals surface area contributed by atoms with Crippen molar-refractivity contribution in [1.29, 1.82) is 0 Å². The Hall–Kier alpha value is -1.62. The molecule has 92 valence electrons. The lowest BCUT2D eigenvalue weighted by Gasteiger charge is -2.26. The lowest BCUT2D eigenvalue weighted by atomic mass is 10.0. The Balaban J connectivity index is 2.10. The van der Waals surface area contributed by atoms with Gasteiger partial charge in [0.2, 0.25) is 5.91 Å². The molecule has 0 aliphatic carbocycles. The summed E-state index contributed by atoms with van der Waals surface area (Å²) < 4.78 is 18.3. The number of benzene rings is 1. The molecule has 0 radical (unpaired) electrons. The Bertz CT molecular complexity index is 419. The second-order valence-electron chi connectivity index (χ2n) is 3.92. The van der Waals surface area contributed by atoms with Crippen LogP contribution < -0.4 is 15.4 Å². The minimum absolute atomic E-state index is 0.00507. The third-order valence-corrected chi connectivity index (χ3v) is 2.65. The fourth-order valence-corrected chi connectivity index (χ4v) is 1.58. The maximum atomic E-state index is 13.0. The van der Waals surface area contributed by atoms with Gasteiger partial charge >= 0.3 is 0 Å². The number of rotatable bonds is 4. The number of halogens is 1. The average Bonchev–Trinajstić information content (AvgIpc) is 2.20. The van der Waals surface area contributed by atoms with Gasteiger partial charge in [0.25, 0.3) is 0 Å². The minimum Gasteiger partial charge on any atom is -0.492 e. The van der Waals surface area contributed by atoms with Crippen LogP contribution in [0.5, 0.6) is 5.75 Å². The summed E-state index contributed by atoms with van der Waals surface area (Å²) in [5.74, 6) is -0.0734. The fraction of sp³-hybridized carbons (Fsp3) is 0.417. The van der Waals surface area contributed by atoms with E-state index >= 15 is 0 Å². The Labute approximate surface area is 99.2 Å². The van der Waals surface area contributed by atoms with E-state index in [1.165, 1.54) is 18.2 Å². The van der Waals surface area contributed by atoms with Crippen LogP contribution >= 0.6 is 0 Å². The highest BCUT2D eigenvalue weighted by Crippen LogP contribution is 2.26. The maximum absolute atomic E-state index is 13.0. The SMILES string of the molecule is CCOc1cc(F)ccc1NC(=O)C1CNC1. The molecule has 0 aromatic heterocycles. The van der Waals surface area contributed by atoms with Gasteiger partial charge < -0.3 is 15.4 Å². The van der Waals surface area contributed by atoms with Crippen molar-refractivity contribution in [2.45, 2.75) is 6.92 Å². The molecule has 1 aromatic rings. The molecule has 0 atom stereocenters. The van der Waals surface area contributed by atoms with E-state index in [4.69, 9.17) is 4.74 Å². The van der Waals surface area contributed by atoms with Gasteiger partial charge in [-0.3, -0.25) is 4.79 Å². The lowest BCUT2D eigenvalue weighted by Crippen LogP contribution is -2.48. The molecular formula is C12H15FN2O2. The largest absolute Gasteiger partial charge is 0.492 e. The van der Waals surface area contributed by atoms with Gasteiger partial charge in [-0.1, -0.05) is 0 Å². The highest BCUT2D eigenvalue weighted by Gasteiger charge is 2.25. The quantitative estimate of drug-likeness (QED) is 0.833. The first kappa shape index (κ1) is 11.9. The van der Waals surface area contributed by atoms with Crippen molar-refractivity contribution in [3.63, 3.8) is 0 Å². The highest BCUT2D eigenvalue weighted by atomic mass is 19.1. The molecule has 1 heterocycles. The summed E-state index contributed by atoms with van der Waals surface area (Å²) in [6, 6.07) is 4.10. The Morgan fingerprint density at radius 2 is 2.35 bits per heavy atom. The van der Waals surface area contributed by atoms with Crippen molar-refractivity contribution in [3.8, 4) is 5.75 Å². The molecular weight excluding hydrogens is 223 g/mol. The zero-order valence-electron chi connectivity index (χ0n) is 9.63. The van der Waals surface area contributed by atoms with Crippen LogP contribution in [0, 0.1) is 11.7 Å². The molecule has 1 aliphatic heterocycles. The number of carbonyl (C=O) groups is 1. The van der Waals surface area contributed by atoms with E-state index in [9.17, 15) is 9.18 Å². The molecule has 4 nitrogen and oxygen atoms in total. The topological polar surface area (TPSA) is 50.4 Å². The third-order valence-electron chi connectivity index (χ3n) is 2.65. The molecule has 2 rings (SSSR count). The summed E-state index contributed by atoms with van der Waals surface area (Å²) in [5.41, 5.74) is 0.519. The molecule has 1 aliphatic rings. The van der Waals surface area contributed by atoms with Crippen LogP contribution in [0.15, 0.2) is 18.2 Å². The zero-order valence-corrected chi connectivity index (χ0v) is 9.63. The molecule has 5 heteroatoms. The smallest absolute Gasteiger partial charge is 0.230 e. The highest BCUT2D eigenvalue weighted by molar-refractivity contribution is 5.94. The number of carbonyl (C=O) groups excluding carboxylic acids is 1. The van der Waals surface area contributed by atoms with Gasteiger partial charge in [-0.25, -0.2) is 4.39 Å². The monoisotopic (exact) mass is 238 g/mol. The molecule has 1 saturated heterocycles. The number of anilines is 1. The summed E-state index contributed by atoms with van der Waals surface area (Å²) >= 11 is 0. The molecule has 0 bridgehead atoms. The molecule has 17 heavy (non-hydrogen) atoms. The molecule has 2 N–H and O–H groups in total. The van der Waals surface area contributed by atoms with Crippen molar-refractivity contribution in [2.24, 2.45) is 5.92 Å². The molecule has 1 fully saturated rings. The normalized spacial score (nSPS) is 15.2.